The minimum absolute atomic E-state index is 0.00365. The van der Waals surface area contributed by atoms with E-state index in [-0.39, 0.29) is 16.3 Å². The molecule has 0 saturated heterocycles. The highest BCUT2D eigenvalue weighted by atomic mass is 32.3. The molecule has 0 radical (unpaired) electrons. The van der Waals surface area contributed by atoms with Gasteiger partial charge in [-0.3, -0.25) is 4.55 Å². The minimum atomic E-state index is -4.67. The van der Waals surface area contributed by atoms with Gasteiger partial charge in [-0.05, 0) is 18.2 Å². The lowest BCUT2D eigenvalue weighted by Gasteiger charge is -2.07. The topological polar surface area (TPSA) is 150 Å². The lowest BCUT2D eigenvalue weighted by Crippen LogP contribution is -2.16. The molecule has 1 aromatic rings. The first kappa shape index (κ1) is 14.7. The number of sulfone groups is 1. The summed E-state index contributed by atoms with van der Waals surface area (Å²) in [5.74, 6) is -0.652. The number of hydrogen-bond donors (Lipinski definition) is 3. The molecule has 5 N–H and O–H groups in total. The summed E-state index contributed by atoms with van der Waals surface area (Å²) < 4.78 is 56.4. The van der Waals surface area contributed by atoms with Gasteiger partial charge in [0.25, 0.3) is 0 Å². The number of rotatable bonds is 5. The van der Waals surface area contributed by atoms with Crippen LogP contribution in [0.5, 0.6) is 0 Å². The number of nitrogen functional groups attached to an aromatic ring is 2. The van der Waals surface area contributed by atoms with Crippen molar-refractivity contribution in [1.82, 2.24) is 0 Å². The Labute approximate surface area is 104 Å². The largest absolute Gasteiger partial charge is 0.399 e. The van der Waals surface area contributed by atoms with Gasteiger partial charge in [-0.15, -0.1) is 0 Å². The van der Waals surface area contributed by atoms with Gasteiger partial charge < -0.3 is 11.5 Å². The van der Waals surface area contributed by atoms with E-state index in [9.17, 15) is 16.8 Å². The molecule has 0 unspecified atom stereocenters. The van der Waals surface area contributed by atoms with E-state index in [1.165, 1.54) is 12.1 Å². The molecule has 0 aliphatic carbocycles. The van der Waals surface area contributed by atoms with Crippen molar-refractivity contribution in [3.05, 3.63) is 18.2 Å². The summed E-state index contributed by atoms with van der Waals surface area (Å²) in [6, 6.07) is 3.92. The van der Waals surface area contributed by atoms with Crippen LogP contribution in [0.3, 0.4) is 0 Å². The summed E-state index contributed by atoms with van der Waals surface area (Å²) in [4.78, 5) is -0.207. The average molecular weight is 296 g/mol. The van der Waals surface area contributed by atoms with Gasteiger partial charge in [-0.25, -0.2) is 12.6 Å². The van der Waals surface area contributed by atoms with Crippen LogP contribution >= 0.6 is 0 Å². The zero-order chi connectivity index (χ0) is 14.0. The molecule has 1 rings (SSSR count). The highest BCUT2D eigenvalue weighted by molar-refractivity contribution is 7.91. The normalized spacial score (nSPS) is 12.5. The minimum Gasteiger partial charge on any atom is -0.399 e. The number of anilines is 2. The third-order valence-corrected chi connectivity index (χ3v) is 4.15. The molecule has 0 fully saturated rings. The van der Waals surface area contributed by atoms with Crippen LogP contribution in [0.25, 0.3) is 0 Å². The van der Waals surface area contributed by atoms with Crippen molar-refractivity contribution in [3.63, 3.8) is 0 Å². The predicted octanol–water partition coefficient (Wildman–Crippen LogP) is -0.556. The van der Waals surface area contributed by atoms with Gasteiger partial charge in [0, 0.05) is 5.69 Å². The summed E-state index contributed by atoms with van der Waals surface area (Å²) >= 11 is 0. The smallest absolute Gasteiger partial charge is 0.397 e. The van der Waals surface area contributed by atoms with Crippen molar-refractivity contribution in [2.24, 2.45) is 0 Å². The molecular weight excluding hydrogens is 284 g/mol. The summed E-state index contributed by atoms with van der Waals surface area (Å²) in [7, 11) is -8.51. The fourth-order valence-electron chi connectivity index (χ4n) is 1.18. The zero-order valence-electron chi connectivity index (χ0n) is 9.11. The number of nitrogens with two attached hydrogens (primary N) is 2. The van der Waals surface area contributed by atoms with Crippen LogP contribution in [-0.2, 0) is 24.4 Å². The number of hydrogen-bond acceptors (Lipinski definition) is 7. The molecule has 0 spiro atoms. The van der Waals surface area contributed by atoms with Crippen LogP contribution in [0.15, 0.2) is 23.1 Å². The molecule has 18 heavy (non-hydrogen) atoms. The Hall–Kier alpha value is -1.36. The maximum Gasteiger partial charge on any atom is 0.397 e. The van der Waals surface area contributed by atoms with Crippen molar-refractivity contribution >= 4 is 31.6 Å². The Morgan fingerprint density at radius 2 is 1.78 bits per heavy atom. The molecule has 10 heteroatoms. The first-order valence-corrected chi connectivity index (χ1v) is 7.63. The van der Waals surface area contributed by atoms with E-state index < -0.39 is 32.6 Å². The van der Waals surface area contributed by atoms with E-state index in [0.29, 0.717) is 0 Å². The number of benzene rings is 1. The Balaban J connectivity index is 2.90. The Morgan fingerprint density at radius 1 is 1.17 bits per heavy atom. The van der Waals surface area contributed by atoms with Crippen LogP contribution in [0.1, 0.15) is 0 Å². The monoisotopic (exact) mass is 296 g/mol. The lowest BCUT2D eigenvalue weighted by molar-refractivity contribution is 0.284. The van der Waals surface area contributed by atoms with Gasteiger partial charge in [0.15, 0.2) is 9.84 Å². The van der Waals surface area contributed by atoms with Crippen molar-refractivity contribution < 1.29 is 25.6 Å². The van der Waals surface area contributed by atoms with Crippen LogP contribution < -0.4 is 11.5 Å². The third kappa shape index (κ3) is 4.14. The standard InChI is InChI=1S/C8H12N2O6S2/c9-6-1-2-7(10)8(5-6)17(11,12)4-3-16-18(13,14)15/h1-2,5H,3-4,9-10H2,(H,13,14,15). The summed E-state index contributed by atoms with van der Waals surface area (Å²) in [6.45, 7) is -0.713. The molecule has 102 valence electrons. The van der Waals surface area contributed by atoms with Crippen molar-refractivity contribution in [3.8, 4) is 0 Å². The second kappa shape index (κ2) is 5.10. The van der Waals surface area contributed by atoms with E-state index in [0.717, 1.165) is 6.07 Å². The highest BCUT2D eigenvalue weighted by Crippen LogP contribution is 2.22. The highest BCUT2D eigenvalue weighted by Gasteiger charge is 2.19. The fourth-order valence-corrected chi connectivity index (χ4v) is 2.84. The van der Waals surface area contributed by atoms with Gasteiger partial charge in [-0.2, -0.15) is 8.42 Å². The van der Waals surface area contributed by atoms with Crippen molar-refractivity contribution in [2.75, 3.05) is 23.8 Å². The first-order valence-electron chi connectivity index (χ1n) is 4.61. The molecule has 0 aromatic heterocycles. The second-order valence-electron chi connectivity index (χ2n) is 3.37. The maximum atomic E-state index is 11.8. The fraction of sp³-hybridized carbons (Fsp3) is 0.250. The van der Waals surface area contributed by atoms with E-state index >= 15 is 0 Å². The molecule has 0 atom stereocenters. The quantitative estimate of drug-likeness (QED) is 0.483. The molecule has 0 aliphatic rings. The second-order valence-corrected chi connectivity index (χ2v) is 6.53. The molecular formula is C8H12N2O6S2. The Bertz CT molecular complexity index is 638. The van der Waals surface area contributed by atoms with Gasteiger partial charge in [0.2, 0.25) is 0 Å². The van der Waals surface area contributed by atoms with E-state index in [4.69, 9.17) is 16.0 Å². The molecule has 0 heterocycles. The summed E-state index contributed by atoms with van der Waals surface area (Å²) in [5.41, 5.74) is 11.1. The van der Waals surface area contributed by atoms with Crippen molar-refractivity contribution in [2.45, 2.75) is 4.90 Å². The Kier molecular flexibility index (Phi) is 4.16. The van der Waals surface area contributed by atoms with E-state index in [2.05, 4.69) is 4.18 Å². The molecule has 0 bridgehead atoms. The Morgan fingerprint density at radius 3 is 2.33 bits per heavy atom. The van der Waals surface area contributed by atoms with Crippen molar-refractivity contribution in [1.29, 1.82) is 0 Å². The van der Waals surface area contributed by atoms with Gasteiger partial charge in [0.05, 0.1) is 22.9 Å². The van der Waals surface area contributed by atoms with E-state index in [1.807, 2.05) is 0 Å². The summed E-state index contributed by atoms with van der Waals surface area (Å²) in [5, 5.41) is 0. The van der Waals surface area contributed by atoms with Gasteiger partial charge >= 0.3 is 10.4 Å². The van der Waals surface area contributed by atoms with Crippen LogP contribution in [0.2, 0.25) is 0 Å². The first-order chi connectivity index (χ1) is 8.12. The molecule has 0 amide bonds. The molecule has 8 nitrogen and oxygen atoms in total. The van der Waals surface area contributed by atoms with Crippen LogP contribution in [0.4, 0.5) is 11.4 Å². The lowest BCUT2D eigenvalue weighted by atomic mass is 10.3. The predicted molar refractivity (Wildman–Crippen MR) is 64.8 cm³/mol. The SMILES string of the molecule is Nc1ccc(N)c(S(=O)(=O)CCOS(=O)(=O)O)c1. The maximum absolute atomic E-state index is 11.8. The third-order valence-electron chi connectivity index (χ3n) is 1.96. The van der Waals surface area contributed by atoms with E-state index in [1.54, 1.807) is 0 Å². The average Bonchev–Trinajstić information content (AvgIpc) is 2.19. The van der Waals surface area contributed by atoms with Crippen LogP contribution in [0, 0.1) is 0 Å². The zero-order valence-corrected chi connectivity index (χ0v) is 10.7. The molecule has 0 saturated carbocycles. The van der Waals surface area contributed by atoms with Gasteiger partial charge in [-0.1, -0.05) is 0 Å². The molecule has 1 aromatic carbocycles. The van der Waals surface area contributed by atoms with Gasteiger partial charge in [0.1, 0.15) is 0 Å². The molecule has 0 aliphatic heterocycles. The summed E-state index contributed by atoms with van der Waals surface area (Å²) in [6.07, 6.45) is 0. The van der Waals surface area contributed by atoms with Crippen LogP contribution in [-0.4, -0.2) is 33.7 Å².